The van der Waals surface area contributed by atoms with Gasteiger partial charge in [-0.3, -0.25) is 19.2 Å². The van der Waals surface area contributed by atoms with Crippen molar-refractivity contribution in [3.8, 4) is 5.75 Å². The lowest BCUT2D eigenvalue weighted by molar-refractivity contribution is -0.384. The number of ether oxygens (including phenoxy) is 1. The molecule has 0 aliphatic heterocycles. The van der Waals surface area contributed by atoms with Crippen molar-refractivity contribution < 1.29 is 22.9 Å². The SMILES string of the molecule is CCOc1ccc(N(CC(=O)N/N=C/c2cccc([N+](=O)[O-])c2)S(=O)(=O)c2ccc(Cl)cc2)cc1. The average Bonchev–Trinajstić information content (AvgIpc) is 2.84. The van der Waals surface area contributed by atoms with Crippen LogP contribution in [0.2, 0.25) is 5.02 Å². The third kappa shape index (κ3) is 6.78. The number of amides is 1. The normalized spacial score (nSPS) is 11.3. The average molecular weight is 517 g/mol. The predicted molar refractivity (Wildman–Crippen MR) is 132 cm³/mol. The van der Waals surface area contributed by atoms with Crippen molar-refractivity contribution in [2.24, 2.45) is 5.10 Å². The summed E-state index contributed by atoms with van der Waals surface area (Å²) in [4.78, 5) is 22.9. The van der Waals surface area contributed by atoms with Crippen LogP contribution < -0.4 is 14.5 Å². The number of nitrogens with zero attached hydrogens (tertiary/aromatic N) is 3. The molecule has 0 aliphatic carbocycles. The van der Waals surface area contributed by atoms with Gasteiger partial charge in [-0.25, -0.2) is 13.8 Å². The molecule has 1 N–H and O–H groups in total. The Morgan fingerprint density at radius 3 is 2.46 bits per heavy atom. The van der Waals surface area contributed by atoms with Gasteiger partial charge in [0.15, 0.2) is 0 Å². The van der Waals surface area contributed by atoms with Gasteiger partial charge in [-0.15, -0.1) is 0 Å². The molecule has 0 bridgehead atoms. The van der Waals surface area contributed by atoms with Crippen molar-refractivity contribution in [2.45, 2.75) is 11.8 Å². The summed E-state index contributed by atoms with van der Waals surface area (Å²) in [5.74, 6) is -0.177. The van der Waals surface area contributed by atoms with Gasteiger partial charge in [0.1, 0.15) is 12.3 Å². The van der Waals surface area contributed by atoms with Crippen molar-refractivity contribution in [1.29, 1.82) is 0 Å². The summed E-state index contributed by atoms with van der Waals surface area (Å²) in [5.41, 5.74) is 2.75. The number of rotatable bonds is 10. The first-order valence-corrected chi connectivity index (χ1v) is 12.1. The van der Waals surface area contributed by atoms with E-state index in [1.54, 1.807) is 18.2 Å². The van der Waals surface area contributed by atoms with Crippen LogP contribution in [0.3, 0.4) is 0 Å². The molecule has 0 radical (unpaired) electrons. The van der Waals surface area contributed by atoms with Gasteiger partial charge in [-0.05, 0) is 55.5 Å². The molecule has 35 heavy (non-hydrogen) atoms. The summed E-state index contributed by atoms with van der Waals surface area (Å²) in [6, 6.07) is 17.5. The van der Waals surface area contributed by atoms with Gasteiger partial charge >= 0.3 is 0 Å². The zero-order valence-corrected chi connectivity index (χ0v) is 20.1. The van der Waals surface area contributed by atoms with Crippen LogP contribution in [0.15, 0.2) is 82.8 Å². The first kappa shape index (κ1) is 25.7. The Bertz CT molecular complexity index is 1330. The summed E-state index contributed by atoms with van der Waals surface area (Å²) < 4.78 is 33.0. The van der Waals surface area contributed by atoms with E-state index in [0.29, 0.717) is 22.9 Å². The van der Waals surface area contributed by atoms with Crippen molar-refractivity contribution in [2.75, 3.05) is 17.5 Å². The number of hydrogen-bond acceptors (Lipinski definition) is 7. The van der Waals surface area contributed by atoms with Crippen LogP contribution in [0.5, 0.6) is 5.75 Å². The number of sulfonamides is 1. The number of hydrogen-bond donors (Lipinski definition) is 1. The maximum atomic E-state index is 13.4. The number of hydrazone groups is 1. The van der Waals surface area contributed by atoms with Crippen LogP contribution in [-0.2, 0) is 14.8 Å². The second kappa shape index (κ2) is 11.4. The Kier molecular flexibility index (Phi) is 8.39. The number of carbonyl (C=O) groups excluding carboxylic acids is 1. The van der Waals surface area contributed by atoms with Crippen LogP contribution in [0.1, 0.15) is 12.5 Å². The van der Waals surface area contributed by atoms with Crippen LogP contribution in [0.4, 0.5) is 11.4 Å². The number of nitro groups is 1. The minimum Gasteiger partial charge on any atom is -0.494 e. The zero-order chi connectivity index (χ0) is 25.4. The van der Waals surface area contributed by atoms with E-state index in [-0.39, 0.29) is 16.3 Å². The first-order chi connectivity index (χ1) is 16.7. The smallest absolute Gasteiger partial charge is 0.270 e. The Balaban J connectivity index is 1.83. The molecule has 0 saturated heterocycles. The highest BCUT2D eigenvalue weighted by Crippen LogP contribution is 2.26. The fourth-order valence-electron chi connectivity index (χ4n) is 2.99. The molecule has 3 aromatic carbocycles. The molecule has 0 unspecified atom stereocenters. The molecule has 0 atom stereocenters. The molecule has 0 saturated carbocycles. The minimum atomic E-state index is -4.14. The van der Waals surface area contributed by atoms with Gasteiger partial charge in [-0.2, -0.15) is 5.10 Å². The largest absolute Gasteiger partial charge is 0.494 e. The molecular weight excluding hydrogens is 496 g/mol. The number of benzene rings is 3. The number of halogens is 1. The summed E-state index contributed by atoms with van der Waals surface area (Å²) in [7, 11) is -4.14. The fraction of sp³-hybridized carbons (Fsp3) is 0.130. The molecule has 0 aromatic heterocycles. The summed E-state index contributed by atoms with van der Waals surface area (Å²) in [6.07, 6.45) is 1.22. The molecule has 0 spiro atoms. The lowest BCUT2D eigenvalue weighted by atomic mass is 10.2. The summed E-state index contributed by atoms with van der Waals surface area (Å²) in [5, 5.41) is 15.0. The molecule has 182 valence electrons. The molecule has 10 nitrogen and oxygen atoms in total. The number of non-ortho nitro benzene ring substituents is 1. The maximum absolute atomic E-state index is 13.4. The van der Waals surface area contributed by atoms with Gasteiger partial charge in [0, 0.05) is 22.7 Å². The monoisotopic (exact) mass is 516 g/mol. The molecule has 1 amide bonds. The third-order valence-electron chi connectivity index (χ3n) is 4.61. The number of nitrogens with one attached hydrogen (secondary N) is 1. The maximum Gasteiger partial charge on any atom is 0.270 e. The van der Waals surface area contributed by atoms with E-state index in [2.05, 4.69) is 10.5 Å². The standard InChI is InChI=1S/C23H21ClN4O6S/c1-2-34-21-10-8-19(9-11-21)27(35(32,33)22-12-6-18(24)7-13-22)16-23(29)26-25-15-17-4-3-5-20(14-17)28(30)31/h3-15H,2,16H2,1H3,(H,26,29)/b25-15+. The van der Waals surface area contributed by atoms with E-state index in [4.69, 9.17) is 16.3 Å². The predicted octanol–water partition coefficient (Wildman–Crippen LogP) is 3.99. The Morgan fingerprint density at radius 1 is 1.14 bits per heavy atom. The third-order valence-corrected chi connectivity index (χ3v) is 6.65. The van der Waals surface area contributed by atoms with Crippen LogP contribution in [0.25, 0.3) is 0 Å². The van der Waals surface area contributed by atoms with Gasteiger partial charge < -0.3 is 4.74 Å². The van der Waals surface area contributed by atoms with E-state index in [0.717, 1.165) is 4.31 Å². The zero-order valence-electron chi connectivity index (χ0n) is 18.5. The number of nitro benzene ring substituents is 1. The highest BCUT2D eigenvalue weighted by Gasteiger charge is 2.27. The van der Waals surface area contributed by atoms with E-state index in [1.165, 1.54) is 60.8 Å². The molecule has 0 heterocycles. The van der Waals surface area contributed by atoms with E-state index >= 15 is 0 Å². The van der Waals surface area contributed by atoms with Gasteiger partial charge in [0.2, 0.25) is 0 Å². The molecule has 3 aromatic rings. The molecule has 3 rings (SSSR count). The highest BCUT2D eigenvalue weighted by molar-refractivity contribution is 7.92. The lowest BCUT2D eigenvalue weighted by Gasteiger charge is -2.24. The van der Waals surface area contributed by atoms with Crippen molar-refractivity contribution in [1.82, 2.24) is 5.43 Å². The molecule has 0 aliphatic rings. The van der Waals surface area contributed by atoms with Crippen LogP contribution >= 0.6 is 11.6 Å². The molecule has 0 fully saturated rings. The fourth-order valence-corrected chi connectivity index (χ4v) is 4.53. The summed E-state index contributed by atoms with van der Waals surface area (Å²) >= 11 is 5.88. The van der Waals surface area contributed by atoms with E-state index in [1.807, 2.05) is 6.92 Å². The summed E-state index contributed by atoms with van der Waals surface area (Å²) in [6.45, 7) is 1.69. The quantitative estimate of drug-likeness (QED) is 0.246. The molecular formula is C23H21ClN4O6S. The van der Waals surface area contributed by atoms with Crippen LogP contribution in [0, 0.1) is 10.1 Å². The van der Waals surface area contributed by atoms with E-state index in [9.17, 15) is 23.3 Å². The topological polar surface area (TPSA) is 131 Å². The van der Waals surface area contributed by atoms with Gasteiger partial charge in [0.25, 0.3) is 21.6 Å². The van der Waals surface area contributed by atoms with Crippen LogP contribution in [-0.4, -0.2) is 38.6 Å². The number of anilines is 1. The number of carbonyl (C=O) groups is 1. The van der Waals surface area contributed by atoms with Gasteiger partial charge in [-0.1, -0.05) is 23.7 Å². The Labute approximate surface area is 207 Å². The molecule has 12 heteroatoms. The Morgan fingerprint density at radius 2 is 1.83 bits per heavy atom. The minimum absolute atomic E-state index is 0.0521. The second-order valence-electron chi connectivity index (χ2n) is 7.04. The van der Waals surface area contributed by atoms with Crippen molar-refractivity contribution in [3.05, 3.63) is 93.5 Å². The van der Waals surface area contributed by atoms with Gasteiger partial charge in [0.05, 0.1) is 28.3 Å². The highest BCUT2D eigenvalue weighted by atomic mass is 35.5. The second-order valence-corrected chi connectivity index (χ2v) is 9.34. The van der Waals surface area contributed by atoms with Crippen molar-refractivity contribution in [3.63, 3.8) is 0 Å². The first-order valence-electron chi connectivity index (χ1n) is 10.3. The van der Waals surface area contributed by atoms with E-state index < -0.39 is 27.4 Å². The lowest BCUT2D eigenvalue weighted by Crippen LogP contribution is -2.39. The van der Waals surface area contributed by atoms with Crippen molar-refractivity contribution >= 4 is 45.1 Å². The Hall–Kier alpha value is -3.96.